The van der Waals surface area contributed by atoms with Gasteiger partial charge >= 0.3 is 6.09 Å². The third kappa shape index (κ3) is 3.78. The third-order valence-electron chi connectivity index (χ3n) is 4.48. The maximum absolute atomic E-state index is 12.6. The van der Waals surface area contributed by atoms with E-state index in [2.05, 4.69) is 23.8 Å². The van der Waals surface area contributed by atoms with E-state index in [1.165, 1.54) is 11.3 Å². The molecule has 2 aromatic rings. The number of hydrogen-bond donors (Lipinski definition) is 1. The van der Waals surface area contributed by atoms with Crippen LogP contribution in [0.5, 0.6) is 0 Å². The number of cyclic esters (lactones) is 1. The highest BCUT2D eigenvalue weighted by molar-refractivity contribution is 7.99. The van der Waals surface area contributed by atoms with Crippen molar-refractivity contribution in [2.75, 3.05) is 18.9 Å². The first kappa shape index (κ1) is 18.9. The molecule has 7 nitrogen and oxygen atoms in total. The number of nitrogens with one attached hydrogen (secondary N) is 1. The second-order valence-corrected chi connectivity index (χ2v) is 8.52. The summed E-state index contributed by atoms with van der Waals surface area (Å²) in [5.74, 6) is 0.172. The predicted octanol–water partition coefficient (Wildman–Crippen LogP) is 2.95. The van der Waals surface area contributed by atoms with E-state index in [0.717, 1.165) is 39.9 Å². The Balaban J connectivity index is 1.80. The smallest absolute Gasteiger partial charge is 0.416 e. The molecule has 3 rings (SSSR count). The normalized spacial score (nSPS) is 15.5. The number of ether oxygens (including phenoxy) is 1. The summed E-state index contributed by atoms with van der Waals surface area (Å²) < 4.78 is 4.76. The van der Waals surface area contributed by atoms with Crippen LogP contribution in [0.1, 0.15) is 30.7 Å². The van der Waals surface area contributed by atoms with Gasteiger partial charge in [-0.25, -0.2) is 14.7 Å². The number of aromatic nitrogens is 2. The molecular formula is C17H21N3O4S2. The van der Waals surface area contributed by atoms with Gasteiger partial charge in [0.05, 0.1) is 17.7 Å². The number of amides is 2. The molecule has 9 heteroatoms. The van der Waals surface area contributed by atoms with Crippen LogP contribution < -0.4 is 5.56 Å². The molecule has 1 atom stereocenters. The van der Waals surface area contributed by atoms with E-state index >= 15 is 0 Å². The second kappa shape index (κ2) is 7.79. The van der Waals surface area contributed by atoms with E-state index in [9.17, 15) is 14.4 Å². The zero-order valence-corrected chi connectivity index (χ0v) is 16.6. The number of fused-ring (bicyclic) bond motifs is 1. The van der Waals surface area contributed by atoms with Crippen LogP contribution in [0.4, 0.5) is 4.79 Å². The van der Waals surface area contributed by atoms with E-state index < -0.39 is 6.09 Å². The Hall–Kier alpha value is -1.87. The number of H-pyrrole nitrogens is 1. The first-order chi connectivity index (χ1) is 12.4. The Morgan fingerprint density at radius 1 is 1.46 bits per heavy atom. The van der Waals surface area contributed by atoms with Crippen molar-refractivity contribution in [1.29, 1.82) is 0 Å². The Bertz CT molecular complexity index is 905. The molecule has 3 heterocycles. The molecular weight excluding hydrogens is 374 g/mol. The van der Waals surface area contributed by atoms with Gasteiger partial charge in [-0.15, -0.1) is 11.3 Å². The van der Waals surface area contributed by atoms with E-state index in [4.69, 9.17) is 4.74 Å². The fraction of sp³-hybridized carbons (Fsp3) is 0.529. The molecule has 0 bridgehead atoms. The molecule has 2 aromatic heterocycles. The van der Waals surface area contributed by atoms with E-state index in [-0.39, 0.29) is 30.4 Å². The lowest BCUT2D eigenvalue weighted by Crippen LogP contribution is -2.33. The number of carbonyl (C=O) groups excluding carboxylic acids is 2. The number of aromatic amines is 1. The molecule has 0 aromatic carbocycles. The van der Waals surface area contributed by atoms with Gasteiger partial charge < -0.3 is 9.72 Å². The zero-order chi connectivity index (χ0) is 18.8. The Morgan fingerprint density at radius 2 is 2.23 bits per heavy atom. The van der Waals surface area contributed by atoms with Gasteiger partial charge in [-0.1, -0.05) is 32.0 Å². The molecule has 0 unspecified atom stereocenters. The van der Waals surface area contributed by atoms with Crippen molar-refractivity contribution in [3.05, 3.63) is 20.8 Å². The van der Waals surface area contributed by atoms with Crippen molar-refractivity contribution in [3.63, 3.8) is 0 Å². The highest BCUT2D eigenvalue weighted by atomic mass is 32.2. The standard InChI is InChI=1S/C17H21N3O4S2/c1-4-9(2)7-11-10(3)26-15-13(11)14(22)18-16(19-15)25-8-12(21)20-5-6-24-17(20)23/h9H,4-8H2,1-3H3,(H,18,19,22)/t9-/m1/s1. The summed E-state index contributed by atoms with van der Waals surface area (Å²) in [5.41, 5.74) is 0.897. The van der Waals surface area contributed by atoms with Crippen molar-refractivity contribution in [2.24, 2.45) is 5.92 Å². The number of nitrogens with zero attached hydrogens (tertiary/aromatic N) is 2. The summed E-state index contributed by atoms with van der Waals surface area (Å²) in [6.45, 7) is 6.82. The van der Waals surface area contributed by atoms with Gasteiger partial charge in [0.1, 0.15) is 11.4 Å². The van der Waals surface area contributed by atoms with Crippen LogP contribution in [0.25, 0.3) is 10.2 Å². The van der Waals surface area contributed by atoms with E-state index in [1.54, 1.807) is 0 Å². The zero-order valence-electron chi connectivity index (χ0n) is 15.0. The summed E-state index contributed by atoms with van der Waals surface area (Å²) in [4.78, 5) is 46.2. The van der Waals surface area contributed by atoms with Gasteiger partial charge in [0, 0.05) is 4.88 Å². The maximum Gasteiger partial charge on any atom is 0.416 e. The van der Waals surface area contributed by atoms with Crippen LogP contribution in [-0.4, -0.2) is 45.8 Å². The monoisotopic (exact) mass is 395 g/mol. The van der Waals surface area contributed by atoms with Gasteiger partial charge in [-0.2, -0.15) is 0 Å². The van der Waals surface area contributed by atoms with Crippen LogP contribution >= 0.6 is 23.1 Å². The molecule has 1 fully saturated rings. The Labute approximate surface area is 159 Å². The number of hydrogen-bond acceptors (Lipinski definition) is 7. The number of carbonyl (C=O) groups is 2. The number of thioether (sulfide) groups is 1. The minimum atomic E-state index is -0.615. The molecule has 0 saturated carbocycles. The minimum Gasteiger partial charge on any atom is -0.447 e. The van der Waals surface area contributed by atoms with Gasteiger partial charge in [0.2, 0.25) is 5.91 Å². The molecule has 1 N–H and O–H groups in total. The van der Waals surface area contributed by atoms with Crippen LogP contribution in [0.3, 0.4) is 0 Å². The highest BCUT2D eigenvalue weighted by Gasteiger charge is 2.28. The minimum absolute atomic E-state index is 0.0215. The number of imide groups is 1. The largest absolute Gasteiger partial charge is 0.447 e. The van der Waals surface area contributed by atoms with Crippen molar-refractivity contribution in [2.45, 2.75) is 38.8 Å². The molecule has 0 radical (unpaired) electrons. The molecule has 1 aliphatic heterocycles. The quantitative estimate of drug-likeness (QED) is 0.597. The van der Waals surface area contributed by atoms with Gasteiger partial charge in [-0.3, -0.25) is 9.59 Å². The van der Waals surface area contributed by atoms with Crippen molar-refractivity contribution >= 4 is 45.3 Å². The second-order valence-electron chi connectivity index (χ2n) is 6.35. The van der Waals surface area contributed by atoms with Crippen molar-refractivity contribution in [1.82, 2.24) is 14.9 Å². The lowest BCUT2D eigenvalue weighted by atomic mass is 9.98. The first-order valence-corrected chi connectivity index (χ1v) is 10.3. The highest BCUT2D eigenvalue weighted by Crippen LogP contribution is 2.30. The summed E-state index contributed by atoms with van der Waals surface area (Å²) in [7, 11) is 0. The summed E-state index contributed by atoms with van der Waals surface area (Å²) in [5, 5.41) is 1.05. The van der Waals surface area contributed by atoms with Crippen LogP contribution in [-0.2, 0) is 16.0 Å². The lowest BCUT2D eigenvalue weighted by Gasteiger charge is -2.10. The first-order valence-electron chi connectivity index (χ1n) is 8.52. The van der Waals surface area contributed by atoms with Crippen LogP contribution in [0, 0.1) is 12.8 Å². The number of rotatable bonds is 6. The van der Waals surface area contributed by atoms with Gasteiger partial charge in [0.25, 0.3) is 5.56 Å². The van der Waals surface area contributed by atoms with Crippen molar-refractivity contribution in [3.8, 4) is 0 Å². The van der Waals surface area contributed by atoms with Crippen LogP contribution in [0.2, 0.25) is 0 Å². The molecule has 0 spiro atoms. The summed E-state index contributed by atoms with van der Waals surface area (Å²) in [6, 6.07) is 0. The predicted molar refractivity (Wildman–Crippen MR) is 102 cm³/mol. The lowest BCUT2D eigenvalue weighted by molar-refractivity contribution is -0.125. The SMILES string of the molecule is CC[C@@H](C)Cc1c(C)sc2nc(SCC(=O)N3CCOC3=O)[nH]c(=O)c12. The third-order valence-corrected chi connectivity index (χ3v) is 6.38. The van der Waals surface area contributed by atoms with E-state index in [0.29, 0.717) is 21.3 Å². The summed E-state index contributed by atoms with van der Waals surface area (Å²) >= 11 is 2.63. The topological polar surface area (TPSA) is 92.4 Å². The number of aryl methyl sites for hydroxylation is 1. The fourth-order valence-electron chi connectivity index (χ4n) is 2.79. The van der Waals surface area contributed by atoms with Gasteiger partial charge in [-0.05, 0) is 24.8 Å². The van der Waals surface area contributed by atoms with Crippen molar-refractivity contribution < 1.29 is 14.3 Å². The molecule has 1 aliphatic rings. The number of thiophene rings is 1. The van der Waals surface area contributed by atoms with Gasteiger partial charge in [0.15, 0.2) is 5.16 Å². The molecule has 140 valence electrons. The fourth-order valence-corrected chi connectivity index (χ4v) is 4.64. The molecule has 1 saturated heterocycles. The Morgan fingerprint density at radius 3 is 2.88 bits per heavy atom. The van der Waals surface area contributed by atoms with E-state index in [1.807, 2.05) is 6.92 Å². The molecule has 2 amide bonds. The maximum atomic E-state index is 12.6. The van der Waals surface area contributed by atoms with Crippen LogP contribution in [0.15, 0.2) is 9.95 Å². The summed E-state index contributed by atoms with van der Waals surface area (Å²) in [6.07, 6.45) is 1.29. The average molecular weight is 396 g/mol. The average Bonchev–Trinajstić information content (AvgIpc) is 3.16. The molecule has 0 aliphatic carbocycles. The molecule has 26 heavy (non-hydrogen) atoms. The Kier molecular flexibility index (Phi) is 5.67.